The molecular weight excluding hydrogens is 667 g/mol. The number of para-hydroxylation sites is 1. The van der Waals surface area contributed by atoms with Gasteiger partial charge in [0.05, 0.1) is 16.6 Å². The first-order valence-corrected chi connectivity index (χ1v) is 18.5. The summed E-state index contributed by atoms with van der Waals surface area (Å²) in [6, 6.07) is 59.7. The van der Waals surface area contributed by atoms with Crippen molar-refractivity contribution in [2.75, 3.05) is 0 Å². The molecule has 6 heteroatoms. The Morgan fingerprint density at radius 1 is 0.396 bits per heavy atom. The SMILES string of the molecule is c1ccc(-c2nc(-c3ccccc3)nc(-c3cccc(-n4c5c(ccc6c5ccn6-c5ccccc5)c5ccc6sc7ccccc7c6c54)c3)n2)cc1. The maximum atomic E-state index is 5.08. The van der Waals surface area contributed by atoms with Crippen LogP contribution in [0, 0.1) is 0 Å². The third-order valence-corrected chi connectivity index (χ3v) is 11.3. The molecule has 0 aliphatic rings. The molecule has 11 rings (SSSR count). The molecule has 11 aromatic rings. The summed E-state index contributed by atoms with van der Waals surface area (Å²) in [5.41, 5.74) is 8.55. The van der Waals surface area contributed by atoms with Gasteiger partial charge in [0.2, 0.25) is 0 Å². The van der Waals surface area contributed by atoms with E-state index in [1.54, 1.807) is 0 Å². The highest BCUT2D eigenvalue weighted by molar-refractivity contribution is 7.26. The number of thiophene rings is 1. The van der Waals surface area contributed by atoms with E-state index in [0.717, 1.165) is 33.6 Å². The van der Waals surface area contributed by atoms with Gasteiger partial charge >= 0.3 is 0 Å². The second-order valence-corrected chi connectivity index (χ2v) is 14.4. The van der Waals surface area contributed by atoms with Gasteiger partial charge < -0.3 is 9.13 Å². The van der Waals surface area contributed by atoms with E-state index in [1.807, 2.05) is 72.0 Å². The van der Waals surface area contributed by atoms with Gasteiger partial charge in [-0.15, -0.1) is 11.3 Å². The molecule has 0 aliphatic carbocycles. The zero-order valence-electron chi connectivity index (χ0n) is 28.4. The van der Waals surface area contributed by atoms with Gasteiger partial charge in [0.25, 0.3) is 0 Å². The van der Waals surface area contributed by atoms with Crippen LogP contribution in [-0.2, 0) is 0 Å². The van der Waals surface area contributed by atoms with E-state index >= 15 is 0 Å². The van der Waals surface area contributed by atoms with E-state index in [9.17, 15) is 0 Å². The average molecular weight is 696 g/mol. The number of rotatable bonds is 5. The van der Waals surface area contributed by atoms with E-state index in [2.05, 4.69) is 125 Å². The first-order valence-electron chi connectivity index (χ1n) is 17.7. The first kappa shape index (κ1) is 29.8. The predicted molar refractivity (Wildman–Crippen MR) is 220 cm³/mol. The van der Waals surface area contributed by atoms with E-state index in [4.69, 9.17) is 15.0 Å². The normalized spacial score (nSPS) is 11.8. The highest BCUT2D eigenvalue weighted by Gasteiger charge is 2.22. The fourth-order valence-corrected chi connectivity index (χ4v) is 8.92. The maximum absolute atomic E-state index is 5.08. The quantitative estimate of drug-likeness (QED) is 0.180. The molecule has 4 heterocycles. The van der Waals surface area contributed by atoms with Crippen LogP contribution < -0.4 is 0 Å². The van der Waals surface area contributed by atoms with Crippen molar-refractivity contribution in [3.05, 3.63) is 176 Å². The minimum atomic E-state index is 0.631. The molecule has 53 heavy (non-hydrogen) atoms. The zero-order valence-corrected chi connectivity index (χ0v) is 29.2. The van der Waals surface area contributed by atoms with Crippen molar-refractivity contribution in [3.63, 3.8) is 0 Å². The van der Waals surface area contributed by atoms with Crippen LogP contribution in [0.1, 0.15) is 0 Å². The molecule has 0 fully saturated rings. The fourth-order valence-electron chi connectivity index (χ4n) is 7.81. The second kappa shape index (κ2) is 11.8. The van der Waals surface area contributed by atoms with Gasteiger partial charge in [0.15, 0.2) is 17.5 Å². The van der Waals surface area contributed by atoms with Crippen molar-refractivity contribution >= 4 is 64.2 Å². The van der Waals surface area contributed by atoms with E-state index in [-0.39, 0.29) is 0 Å². The van der Waals surface area contributed by atoms with Gasteiger partial charge in [-0.05, 0) is 48.5 Å². The Morgan fingerprint density at radius 3 is 1.72 bits per heavy atom. The molecule has 0 saturated heterocycles. The van der Waals surface area contributed by atoms with Crippen LogP contribution in [-0.4, -0.2) is 24.1 Å². The molecule has 4 aromatic heterocycles. The Hall–Kier alpha value is -6.89. The smallest absolute Gasteiger partial charge is 0.164 e. The van der Waals surface area contributed by atoms with Crippen molar-refractivity contribution < 1.29 is 0 Å². The highest BCUT2D eigenvalue weighted by Crippen LogP contribution is 2.45. The van der Waals surface area contributed by atoms with Crippen molar-refractivity contribution in [1.29, 1.82) is 0 Å². The topological polar surface area (TPSA) is 48.5 Å². The molecule has 0 unspecified atom stereocenters. The molecule has 248 valence electrons. The van der Waals surface area contributed by atoms with E-state index in [1.165, 1.54) is 47.4 Å². The molecule has 0 N–H and O–H groups in total. The number of benzene rings is 7. The molecule has 0 bridgehead atoms. The summed E-state index contributed by atoms with van der Waals surface area (Å²) in [5, 5.41) is 6.19. The summed E-state index contributed by atoms with van der Waals surface area (Å²) >= 11 is 1.85. The Bertz CT molecular complexity index is 3100. The summed E-state index contributed by atoms with van der Waals surface area (Å²) in [6.07, 6.45) is 2.19. The third-order valence-electron chi connectivity index (χ3n) is 10.2. The lowest BCUT2D eigenvalue weighted by molar-refractivity contribution is 1.07. The molecule has 5 nitrogen and oxygen atoms in total. The molecule has 0 radical (unpaired) electrons. The summed E-state index contributed by atoms with van der Waals surface area (Å²) in [6.45, 7) is 0. The van der Waals surface area contributed by atoms with Gasteiger partial charge in [0.1, 0.15) is 0 Å². The van der Waals surface area contributed by atoms with Gasteiger partial charge in [0, 0.05) is 70.6 Å². The zero-order chi connectivity index (χ0) is 34.9. The average Bonchev–Trinajstić information content (AvgIpc) is 3.93. The first-order chi connectivity index (χ1) is 26.3. The van der Waals surface area contributed by atoms with Gasteiger partial charge in [-0.1, -0.05) is 121 Å². The highest BCUT2D eigenvalue weighted by atomic mass is 32.1. The second-order valence-electron chi connectivity index (χ2n) is 13.3. The van der Waals surface area contributed by atoms with Crippen LogP contribution in [0.15, 0.2) is 176 Å². The maximum Gasteiger partial charge on any atom is 0.164 e. The number of hydrogen-bond donors (Lipinski definition) is 0. The Kier molecular flexibility index (Phi) is 6.66. The van der Waals surface area contributed by atoms with E-state index < -0.39 is 0 Å². The van der Waals surface area contributed by atoms with Crippen molar-refractivity contribution in [2.45, 2.75) is 0 Å². The van der Waals surface area contributed by atoms with Crippen LogP contribution in [0.4, 0.5) is 0 Å². The molecule has 0 aliphatic heterocycles. The lowest BCUT2D eigenvalue weighted by Crippen LogP contribution is -2.01. The number of aromatic nitrogens is 5. The molecule has 0 saturated carbocycles. The monoisotopic (exact) mass is 695 g/mol. The third kappa shape index (κ3) is 4.73. The van der Waals surface area contributed by atoms with Gasteiger partial charge in [-0.25, -0.2) is 15.0 Å². The minimum Gasteiger partial charge on any atom is -0.316 e. The lowest BCUT2D eigenvalue weighted by atomic mass is 10.1. The Morgan fingerprint density at radius 2 is 0.981 bits per heavy atom. The van der Waals surface area contributed by atoms with Crippen LogP contribution in [0.3, 0.4) is 0 Å². The van der Waals surface area contributed by atoms with Crippen LogP contribution in [0.5, 0.6) is 0 Å². The summed E-state index contributed by atoms with van der Waals surface area (Å²) in [5.74, 6) is 1.92. The Balaban J connectivity index is 1.22. The largest absolute Gasteiger partial charge is 0.316 e. The number of nitrogens with zero attached hydrogens (tertiary/aromatic N) is 5. The van der Waals surface area contributed by atoms with Crippen LogP contribution in [0.25, 0.3) is 98.4 Å². The molecule has 0 spiro atoms. The van der Waals surface area contributed by atoms with Gasteiger partial charge in [-0.3, -0.25) is 0 Å². The molecular formula is C47H29N5S. The van der Waals surface area contributed by atoms with Crippen molar-refractivity contribution in [2.24, 2.45) is 0 Å². The molecule has 0 amide bonds. The standard InChI is InChI=1S/C47H29N5S/c1-4-13-30(14-5-1)45-48-46(31-15-6-2-7-16-31)50-47(49-45)32-17-12-20-34(29-32)52-43-35(23-25-39-37(43)27-28-51(39)33-18-8-3-9-19-33)36-24-26-41-42(44(36)52)38-21-10-11-22-40(38)53-41/h1-29H. The van der Waals surface area contributed by atoms with Crippen molar-refractivity contribution in [3.8, 4) is 45.5 Å². The fraction of sp³-hybridized carbons (Fsp3) is 0. The number of fused-ring (bicyclic) bond motifs is 9. The van der Waals surface area contributed by atoms with Crippen molar-refractivity contribution in [1.82, 2.24) is 24.1 Å². The molecule has 7 aromatic carbocycles. The van der Waals surface area contributed by atoms with Crippen LogP contribution >= 0.6 is 11.3 Å². The van der Waals surface area contributed by atoms with E-state index in [0.29, 0.717) is 17.5 Å². The number of hydrogen-bond acceptors (Lipinski definition) is 4. The summed E-state index contributed by atoms with van der Waals surface area (Å²) in [4.78, 5) is 15.1. The predicted octanol–water partition coefficient (Wildman–Crippen LogP) is 12.3. The minimum absolute atomic E-state index is 0.631. The van der Waals surface area contributed by atoms with Gasteiger partial charge in [-0.2, -0.15) is 0 Å². The lowest BCUT2D eigenvalue weighted by Gasteiger charge is -2.13. The molecule has 0 atom stereocenters. The van der Waals surface area contributed by atoms with Crippen LogP contribution in [0.2, 0.25) is 0 Å². The summed E-state index contributed by atoms with van der Waals surface area (Å²) < 4.78 is 7.32. The summed E-state index contributed by atoms with van der Waals surface area (Å²) in [7, 11) is 0. The Labute approximate surface area is 308 Å².